The number of aliphatic imine (C=N–C) groups is 1. The van der Waals surface area contributed by atoms with E-state index in [-0.39, 0.29) is 34.0 Å². The third-order valence-corrected chi connectivity index (χ3v) is 4.47. The summed E-state index contributed by atoms with van der Waals surface area (Å²) in [5.74, 6) is 0. The zero-order chi connectivity index (χ0) is 16.9. The number of halogens is 2. The van der Waals surface area contributed by atoms with Gasteiger partial charge in [0.25, 0.3) is 5.65 Å². The number of aryl methyl sites for hydroxylation is 1. The van der Waals surface area contributed by atoms with Gasteiger partial charge in [0.15, 0.2) is 10.9 Å². The van der Waals surface area contributed by atoms with E-state index in [1.807, 2.05) is 18.4 Å². The molecule has 0 saturated heterocycles. The summed E-state index contributed by atoms with van der Waals surface area (Å²) in [4.78, 5) is 4.07. The molecule has 5 nitrogen and oxygen atoms in total. The van der Waals surface area contributed by atoms with Gasteiger partial charge in [0.05, 0.1) is 19.5 Å². The Hall–Kier alpha value is -1.64. The number of amidine groups is 1. The van der Waals surface area contributed by atoms with Gasteiger partial charge in [-0.1, -0.05) is 30.0 Å². The Bertz CT molecular complexity index is 904. The highest BCUT2D eigenvalue weighted by Gasteiger charge is 2.14. The molecule has 0 bridgehead atoms. The molecular formula is C18H21Br2N5S. The molecule has 0 aliphatic heterocycles. The van der Waals surface area contributed by atoms with E-state index in [1.165, 1.54) is 23.0 Å². The van der Waals surface area contributed by atoms with Gasteiger partial charge >= 0.3 is 0 Å². The average molecular weight is 499 g/mol. The molecule has 8 heteroatoms. The second-order valence-corrected chi connectivity index (χ2v) is 6.06. The number of rotatable bonds is 3. The first kappa shape index (κ1) is 22.4. The smallest absolute Gasteiger partial charge is 0.286 e. The van der Waals surface area contributed by atoms with Crippen molar-refractivity contribution in [2.45, 2.75) is 0 Å². The molecule has 1 aromatic carbocycles. The summed E-state index contributed by atoms with van der Waals surface area (Å²) in [6, 6.07) is 14.5. The maximum Gasteiger partial charge on any atom is 0.286 e. The van der Waals surface area contributed by atoms with Crippen LogP contribution in [0.2, 0.25) is 0 Å². The lowest BCUT2D eigenvalue weighted by atomic mass is 10.1. The van der Waals surface area contributed by atoms with Crippen LogP contribution in [0, 0.1) is 0 Å². The lowest BCUT2D eigenvalue weighted by Crippen LogP contribution is -3.00. The summed E-state index contributed by atoms with van der Waals surface area (Å²) in [6.45, 7) is 0. The second-order valence-electron chi connectivity index (χ2n) is 5.26. The quantitative estimate of drug-likeness (QED) is 0.244. The first-order valence-corrected chi connectivity index (χ1v) is 8.81. The van der Waals surface area contributed by atoms with E-state index in [0.29, 0.717) is 0 Å². The van der Waals surface area contributed by atoms with Crippen molar-refractivity contribution >= 4 is 45.8 Å². The van der Waals surface area contributed by atoms with Gasteiger partial charge in [0.1, 0.15) is 6.20 Å². The molecule has 0 unspecified atom stereocenters. The minimum absolute atomic E-state index is 0. The number of aromatic nitrogens is 2. The Morgan fingerprint density at radius 2 is 1.92 bits per heavy atom. The molecule has 3 aromatic rings. The highest BCUT2D eigenvalue weighted by molar-refractivity contribution is 8.93. The number of hydrogen-bond donors (Lipinski definition) is 1. The van der Waals surface area contributed by atoms with Gasteiger partial charge < -0.3 is 17.0 Å². The molecule has 0 fully saturated rings. The number of hydrogen-bond acceptors (Lipinski definition) is 3. The standard InChI is InChI=1S/C18H20N5S.2BrH/c1-19-18(24-3)21-20-12-14-7-9-15(10-8-14)16-13-23-11-5-4-6-17(23)22(16)2;;/h4-13H,1-3H3,(H,19,21);2*1H/q+1;;/p-1/b20-12+;;. The Labute approximate surface area is 178 Å². The summed E-state index contributed by atoms with van der Waals surface area (Å²) in [6.07, 6.45) is 7.95. The normalized spacial score (nSPS) is 11.3. The molecule has 0 amide bonds. The fourth-order valence-electron chi connectivity index (χ4n) is 2.54. The molecule has 0 aliphatic carbocycles. The summed E-state index contributed by atoms with van der Waals surface area (Å²) >= 11 is 1.53. The van der Waals surface area contributed by atoms with Crippen LogP contribution in [-0.2, 0) is 7.05 Å². The van der Waals surface area contributed by atoms with E-state index in [9.17, 15) is 0 Å². The van der Waals surface area contributed by atoms with E-state index in [2.05, 4.69) is 74.3 Å². The zero-order valence-electron chi connectivity index (χ0n) is 14.8. The molecule has 0 saturated carbocycles. The third-order valence-electron chi connectivity index (χ3n) is 3.81. The Morgan fingerprint density at radius 1 is 1.19 bits per heavy atom. The van der Waals surface area contributed by atoms with Gasteiger partial charge in [-0.2, -0.15) is 5.10 Å². The molecule has 1 N–H and O–H groups in total. The highest BCUT2D eigenvalue weighted by atomic mass is 79.9. The molecule has 138 valence electrons. The van der Waals surface area contributed by atoms with E-state index < -0.39 is 0 Å². The zero-order valence-corrected chi connectivity index (χ0v) is 18.9. The number of imidazole rings is 1. The number of nitrogens with zero attached hydrogens (tertiary/aromatic N) is 4. The van der Waals surface area contributed by atoms with Crippen LogP contribution < -0.4 is 26.8 Å². The van der Waals surface area contributed by atoms with E-state index in [0.717, 1.165) is 16.4 Å². The van der Waals surface area contributed by atoms with Crippen LogP contribution in [0.4, 0.5) is 0 Å². The predicted molar refractivity (Wildman–Crippen MR) is 112 cm³/mol. The van der Waals surface area contributed by atoms with Crippen LogP contribution in [0.15, 0.2) is 65.0 Å². The molecule has 0 aliphatic rings. The van der Waals surface area contributed by atoms with Crippen molar-refractivity contribution in [3.63, 3.8) is 0 Å². The Balaban J connectivity index is 0.00000169. The Kier molecular flexibility index (Phi) is 9.04. The monoisotopic (exact) mass is 497 g/mol. The van der Waals surface area contributed by atoms with Gasteiger partial charge in [-0.05, 0) is 30.0 Å². The number of thioether (sulfide) groups is 1. The maximum atomic E-state index is 4.20. The van der Waals surface area contributed by atoms with Gasteiger partial charge in [0.2, 0.25) is 0 Å². The largest absolute Gasteiger partial charge is 1.00 e. The molecule has 26 heavy (non-hydrogen) atoms. The van der Waals surface area contributed by atoms with E-state index >= 15 is 0 Å². The number of fused-ring (bicyclic) bond motifs is 1. The lowest BCUT2D eigenvalue weighted by Gasteiger charge is -2.00. The topological polar surface area (TPSA) is 45.8 Å². The van der Waals surface area contributed by atoms with Crippen molar-refractivity contribution in [3.8, 4) is 11.3 Å². The van der Waals surface area contributed by atoms with Crippen molar-refractivity contribution < 1.29 is 21.4 Å². The Morgan fingerprint density at radius 3 is 2.54 bits per heavy atom. The van der Waals surface area contributed by atoms with Crippen molar-refractivity contribution in [2.75, 3.05) is 13.3 Å². The summed E-state index contributed by atoms with van der Waals surface area (Å²) in [5, 5.41) is 4.99. The van der Waals surface area contributed by atoms with Crippen LogP contribution in [0.3, 0.4) is 0 Å². The van der Waals surface area contributed by atoms with Gasteiger partial charge in [0, 0.05) is 18.7 Å². The molecular weight excluding hydrogens is 478 g/mol. The number of pyridine rings is 1. The third kappa shape index (κ3) is 4.96. The number of nitrogens with one attached hydrogen (secondary N) is 1. The van der Waals surface area contributed by atoms with Crippen molar-refractivity contribution in [3.05, 3.63) is 60.4 Å². The fraction of sp³-hybridized carbons (Fsp3) is 0.167. The minimum atomic E-state index is 0. The number of benzene rings is 1. The SMILES string of the molecule is Br.CN=C(N/N=C/c1ccc(-c2c[n+]3ccccc3n2C)cc1)SC.[Br-]. The summed E-state index contributed by atoms with van der Waals surface area (Å²) < 4.78 is 4.32. The van der Waals surface area contributed by atoms with Crippen LogP contribution in [0.1, 0.15) is 5.56 Å². The lowest BCUT2D eigenvalue weighted by molar-refractivity contribution is -0.510. The van der Waals surface area contributed by atoms with Gasteiger partial charge in [-0.15, -0.1) is 17.0 Å². The van der Waals surface area contributed by atoms with Crippen LogP contribution in [0.25, 0.3) is 16.9 Å². The summed E-state index contributed by atoms with van der Waals surface area (Å²) in [7, 11) is 3.82. The molecule has 2 heterocycles. The molecule has 3 rings (SSSR count). The fourth-order valence-corrected chi connectivity index (χ4v) is 2.87. The molecule has 0 atom stereocenters. The first-order valence-electron chi connectivity index (χ1n) is 7.59. The van der Waals surface area contributed by atoms with Crippen LogP contribution >= 0.6 is 28.7 Å². The van der Waals surface area contributed by atoms with Crippen LogP contribution in [-0.4, -0.2) is 29.3 Å². The molecule has 0 spiro atoms. The molecule has 0 radical (unpaired) electrons. The van der Waals surface area contributed by atoms with Crippen molar-refractivity contribution in [2.24, 2.45) is 17.1 Å². The number of hydrazone groups is 1. The first-order chi connectivity index (χ1) is 11.7. The average Bonchev–Trinajstić information content (AvgIpc) is 2.96. The minimum Gasteiger partial charge on any atom is -1.00 e. The van der Waals surface area contributed by atoms with Gasteiger partial charge in [-0.25, -0.2) is 8.97 Å². The summed E-state index contributed by atoms with van der Waals surface area (Å²) in [5.41, 5.74) is 7.45. The van der Waals surface area contributed by atoms with E-state index in [4.69, 9.17) is 0 Å². The maximum absolute atomic E-state index is 4.20. The van der Waals surface area contributed by atoms with Crippen LogP contribution in [0.5, 0.6) is 0 Å². The molecule has 2 aromatic heterocycles. The second kappa shape index (κ2) is 10.5. The van der Waals surface area contributed by atoms with E-state index in [1.54, 1.807) is 13.3 Å². The van der Waals surface area contributed by atoms with Crippen molar-refractivity contribution in [1.29, 1.82) is 0 Å². The highest BCUT2D eigenvalue weighted by Crippen LogP contribution is 2.19. The predicted octanol–water partition coefficient (Wildman–Crippen LogP) is 0.285. The van der Waals surface area contributed by atoms with Gasteiger partial charge in [-0.3, -0.25) is 10.4 Å². The van der Waals surface area contributed by atoms with Crippen molar-refractivity contribution in [1.82, 2.24) is 9.99 Å².